The van der Waals surface area contributed by atoms with Crippen LogP contribution in [0.4, 0.5) is 0 Å². The maximum atomic E-state index is 12.2. The van der Waals surface area contributed by atoms with Gasteiger partial charge in [0.1, 0.15) is 0 Å². The van der Waals surface area contributed by atoms with Crippen molar-refractivity contribution in [3.8, 4) is 0 Å². The molecule has 1 amide bonds. The average molecular weight is 314 g/mol. The van der Waals surface area contributed by atoms with Gasteiger partial charge in [-0.25, -0.2) is 0 Å². The molecule has 1 atom stereocenters. The third-order valence-corrected chi connectivity index (χ3v) is 3.83. The summed E-state index contributed by atoms with van der Waals surface area (Å²) in [5.74, 6) is -0.190. The van der Waals surface area contributed by atoms with Crippen molar-refractivity contribution in [3.05, 3.63) is 34.3 Å². The lowest BCUT2D eigenvalue weighted by Gasteiger charge is -2.25. The summed E-state index contributed by atoms with van der Waals surface area (Å²) in [7, 11) is 1.77. The Kier molecular flexibility index (Phi) is 5.82. The van der Waals surface area contributed by atoms with E-state index in [1.54, 1.807) is 11.9 Å². The van der Waals surface area contributed by atoms with Gasteiger partial charge in [0.25, 0.3) is 0 Å². The molecule has 100 valence electrons. The molecule has 0 radical (unpaired) electrons. The van der Waals surface area contributed by atoms with Crippen LogP contribution in [-0.2, 0) is 11.3 Å². The molecule has 0 saturated heterocycles. The minimum absolute atomic E-state index is 0.0109. The summed E-state index contributed by atoms with van der Waals surface area (Å²) in [6, 6.07) is 7.83. The number of rotatable bonds is 5. The number of carbonyl (C=O) groups excluding carboxylic acids is 1. The number of carbonyl (C=O) groups is 1. The van der Waals surface area contributed by atoms with Gasteiger partial charge < -0.3 is 10.0 Å². The molecule has 1 unspecified atom stereocenters. The van der Waals surface area contributed by atoms with Crippen molar-refractivity contribution >= 4 is 21.8 Å². The summed E-state index contributed by atoms with van der Waals surface area (Å²) in [4.78, 5) is 13.8. The molecule has 1 aromatic rings. The minimum Gasteiger partial charge on any atom is -0.396 e. The lowest BCUT2D eigenvalue weighted by Crippen LogP contribution is -2.36. The maximum absolute atomic E-state index is 12.2. The van der Waals surface area contributed by atoms with E-state index >= 15 is 0 Å². The Morgan fingerprint density at radius 1 is 1.39 bits per heavy atom. The van der Waals surface area contributed by atoms with Crippen molar-refractivity contribution in [3.63, 3.8) is 0 Å². The molecule has 0 fully saturated rings. The molecule has 0 heterocycles. The van der Waals surface area contributed by atoms with E-state index in [0.29, 0.717) is 6.54 Å². The molecule has 1 rings (SSSR count). The highest BCUT2D eigenvalue weighted by Gasteiger charge is 2.24. The third kappa shape index (κ3) is 3.82. The molecule has 3 nitrogen and oxygen atoms in total. The summed E-state index contributed by atoms with van der Waals surface area (Å²) in [6.45, 7) is 4.34. The quantitative estimate of drug-likeness (QED) is 0.908. The summed E-state index contributed by atoms with van der Waals surface area (Å²) in [5.41, 5.74) is 1.06. The Bertz CT molecular complexity index is 407. The zero-order valence-corrected chi connectivity index (χ0v) is 12.6. The standard InChI is InChI=1S/C14H20BrNO2/c1-10(2)12(9-17)14(18)16(3)8-11-6-4-5-7-13(11)15/h4-7,10,12,17H,8-9H2,1-3H3. The second kappa shape index (κ2) is 6.90. The van der Waals surface area contributed by atoms with Gasteiger partial charge in [-0.15, -0.1) is 0 Å². The van der Waals surface area contributed by atoms with Crippen LogP contribution in [-0.4, -0.2) is 29.6 Å². The van der Waals surface area contributed by atoms with Gasteiger partial charge >= 0.3 is 0 Å². The molecule has 0 aliphatic rings. The first-order chi connectivity index (χ1) is 8.47. The van der Waals surface area contributed by atoms with Crippen LogP contribution in [0.1, 0.15) is 19.4 Å². The Labute approximate surface area is 117 Å². The molecular formula is C14H20BrNO2. The van der Waals surface area contributed by atoms with Gasteiger partial charge in [-0.05, 0) is 17.5 Å². The highest BCUT2D eigenvalue weighted by Crippen LogP contribution is 2.19. The monoisotopic (exact) mass is 313 g/mol. The van der Waals surface area contributed by atoms with Crippen molar-refractivity contribution < 1.29 is 9.90 Å². The number of amides is 1. The van der Waals surface area contributed by atoms with Crippen molar-refractivity contribution in [1.29, 1.82) is 0 Å². The van der Waals surface area contributed by atoms with Crippen LogP contribution in [0.3, 0.4) is 0 Å². The lowest BCUT2D eigenvalue weighted by molar-refractivity contribution is -0.137. The molecule has 4 heteroatoms. The fourth-order valence-electron chi connectivity index (χ4n) is 1.82. The molecule has 18 heavy (non-hydrogen) atoms. The number of benzene rings is 1. The Balaban J connectivity index is 2.74. The van der Waals surface area contributed by atoms with Gasteiger partial charge in [-0.3, -0.25) is 4.79 Å². The molecule has 0 aliphatic carbocycles. The molecule has 1 aromatic carbocycles. The largest absolute Gasteiger partial charge is 0.396 e. The zero-order chi connectivity index (χ0) is 13.7. The van der Waals surface area contributed by atoms with E-state index in [4.69, 9.17) is 0 Å². The lowest BCUT2D eigenvalue weighted by atomic mass is 9.95. The first-order valence-electron chi connectivity index (χ1n) is 6.06. The van der Waals surface area contributed by atoms with Gasteiger partial charge in [-0.1, -0.05) is 48.0 Å². The molecule has 0 bridgehead atoms. The van der Waals surface area contributed by atoms with Gasteiger partial charge in [0, 0.05) is 18.1 Å². The van der Waals surface area contributed by atoms with Crippen molar-refractivity contribution in [2.45, 2.75) is 20.4 Å². The average Bonchev–Trinajstić information content (AvgIpc) is 2.32. The smallest absolute Gasteiger partial charge is 0.228 e. The normalized spacial score (nSPS) is 12.6. The van der Waals surface area contributed by atoms with E-state index in [1.807, 2.05) is 38.1 Å². The number of aliphatic hydroxyl groups is 1. The number of hydrogen-bond acceptors (Lipinski definition) is 2. The van der Waals surface area contributed by atoms with Crippen LogP contribution in [0.5, 0.6) is 0 Å². The van der Waals surface area contributed by atoms with E-state index in [9.17, 15) is 9.90 Å². The van der Waals surface area contributed by atoms with Crippen LogP contribution >= 0.6 is 15.9 Å². The van der Waals surface area contributed by atoms with Gasteiger partial charge in [-0.2, -0.15) is 0 Å². The second-order valence-corrected chi connectivity index (χ2v) is 5.67. The third-order valence-electron chi connectivity index (χ3n) is 3.06. The van der Waals surface area contributed by atoms with Crippen LogP contribution in [0.2, 0.25) is 0 Å². The van der Waals surface area contributed by atoms with E-state index in [-0.39, 0.29) is 24.3 Å². The molecule has 0 saturated carbocycles. The van der Waals surface area contributed by atoms with E-state index in [2.05, 4.69) is 15.9 Å². The fraction of sp³-hybridized carbons (Fsp3) is 0.500. The Morgan fingerprint density at radius 2 is 2.00 bits per heavy atom. The summed E-state index contributed by atoms with van der Waals surface area (Å²) < 4.78 is 0.995. The molecule has 0 aromatic heterocycles. The SMILES string of the molecule is CC(C)C(CO)C(=O)N(C)Cc1ccccc1Br. The number of halogens is 1. The molecule has 0 spiro atoms. The summed E-state index contributed by atoms with van der Waals surface area (Å²) in [5, 5.41) is 9.28. The highest BCUT2D eigenvalue weighted by atomic mass is 79.9. The van der Waals surface area contributed by atoms with Crippen molar-refractivity contribution in [1.82, 2.24) is 4.90 Å². The van der Waals surface area contributed by atoms with Crippen LogP contribution < -0.4 is 0 Å². The van der Waals surface area contributed by atoms with Gasteiger partial charge in [0.05, 0.1) is 12.5 Å². The first-order valence-corrected chi connectivity index (χ1v) is 6.86. The summed E-state index contributed by atoms with van der Waals surface area (Å²) in [6.07, 6.45) is 0. The van der Waals surface area contributed by atoms with E-state index in [0.717, 1.165) is 10.0 Å². The molecule has 1 N–H and O–H groups in total. The van der Waals surface area contributed by atoms with Crippen molar-refractivity contribution in [2.24, 2.45) is 11.8 Å². The summed E-state index contributed by atoms with van der Waals surface area (Å²) >= 11 is 3.47. The topological polar surface area (TPSA) is 40.5 Å². The Hall–Kier alpha value is -0.870. The number of aliphatic hydroxyl groups excluding tert-OH is 1. The fourth-order valence-corrected chi connectivity index (χ4v) is 2.23. The van der Waals surface area contributed by atoms with Gasteiger partial charge in [0.2, 0.25) is 5.91 Å². The predicted molar refractivity (Wildman–Crippen MR) is 76.0 cm³/mol. The second-order valence-electron chi connectivity index (χ2n) is 4.82. The van der Waals surface area contributed by atoms with Crippen LogP contribution in [0, 0.1) is 11.8 Å². The van der Waals surface area contributed by atoms with Crippen LogP contribution in [0.25, 0.3) is 0 Å². The first kappa shape index (κ1) is 15.2. The molecule has 0 aliphatic heterocycles. The van der Waals surface area contributed by atoms with E-state index in [1.165, 1.54) is 0 Å². The maximum Gasteiger partial charge on any atom is 0.228 e. The minimum atomic E-state index is -0.322. The Morgan fingerprint density at radius 3 is 2.50 bits per heavy atom. The van der Waals surface area contributed by atoms with Crippen molar-refractivity contribution in [2.75, 3.05) is 13.7 Å². The number of hydrogen-bond donors (Lipinski definition) is 1. The predicted octanol–water partition coefficient (Wildman–Crippen LogP) is 2.67. The molecular weight excluding hydrogens is 294 g/mol. The number of nitrogens with zero attached hydrogens (tertiary/aromatic N) is 1. The zero-order valence-electron chi connectivity index (χ0n) is 11.1. The van der Waals surface area contributed by atoms with E-state index < -0.39 is 0 Å². The highest BCUT2D eigenvalue weighted by molar-refractivity contribution is 9.10. The van der Waals surface area contributed by atoms with Gasteiger partial charge in [0.15, 0.2) is 0 Å². The van der Waals surface area contributed by atoms with Crippen LogP contribution in [0.15, 0.2) is 28.7 Å².